The van der Waals surface area contributed by atoms with Gasteiger partial charge in [0.15, 0.2) is 0 Å². The Bertz CT molecular complexity index is 920. The van der Waals surface area contributed by atoms with E-state index < -0.39 is 29.6 Å². The molecule has 190 valence electrons. The van der Waals surface area contributed by atoms with Crippen LogP contribution in [-0.4, -0.2) is 44.2 Å². The Morgan fingerprint density at radius 1 is 1.00 bits per heavy atom. The molecule has 0 saturated heterocycles. The van der Waals surface area contributed by atoms with Crippen LogP contribution in [-0.2, 0) is 4.74 Å². The van der Waals surface area contributed by atoms with Gasteiger partial charge in [-0.1, -0.05) is 45.4 Å². The number of hydrogen-bond acceptors (Lipinski definition) is 6. The predicted molar refractivity (Wildman–Crippen MR) is 130 cm³/mol. The Hall–Kier alpha value is -3.67. The van der Waals surface area contributed by atoms with Crippen molar-refractivity contribution in [2.75, 3.05) is 0 Å². The maximum atomic E-state index is 12.6. The molecule has 0 fully saturated rings. The molecule has 35 heavy (non-hydrogen) atoms. The van der Waals surface area contributed by atoms with Crippen LogP contribution in [0.5, 0.6) is 0 Å². The van der Waals surface area contributed by atoms with Crippen LogP contribution in [0.25, 0.3) is 0 Å². The number of ether oxygens (including phenoxy) is 1. The van der Waals surface area contributed by atoms with E-state index in [1.807, 2.05) is 0 Å². The lowest BCUT2D eigenvalue weighted by atomic mass is 10.0. The molecule has 0 amide bonds. The Balaban J connectivity index is 0.00000108. The van der Waals surface area contributed by atoms with Gasteiger partial charge in [0.25, 0.3) is 0 Å². The van der Waals surface area contributed by atoms with E-state index in [1.54, 1.807) is 18.7 Å². The summed E-state index contributed by atoms with van der Waals surface area (Å²) in [6, 6.07) is 5.39. The average Bonchev–Trinajstić information content (AvgIpc) is 3.43. The minimum Gasteiger partial charge on any atom is -0.478 e. The van der Waals surface area contributed by atoms with Crippen molar-refractivity contribution >= 4 is 17.9 Å². The fraction of sp³-hybridized carbons (Fsp3) is 0.500. The van der Waals surface area contributed by atoms with Gasteiger partial charge < -0.3 is 19.9 Å². The van der Waals surface area contributed by atoms with E-state index in [9.17, 15) is 19.5 Å². The Kier molecular flexibility index (Phi) is 14.9. The first kappa shape index (κ1) is 29.4. The van der Waals surface area contributed by atoms with E-state index >= 15 is 0 Å². The van der Waals surface area contributed by atoms with Gasteiger partial charge in [-0.25, -0.2) is 19.4 Å². The van der Waals surface area contributed by atoms with Gasteiger partial charge in [-0.15, -0.1) is 0 Å². The summed E-state index contributed by atoms with van der Waals surface area (Å²) in [6.07, 6.45) is 14.7. The summed E-state index contributed by atoms with van der Waals surface area (Å²) in [5, 5.41) is 27.1. The SMILES string of the molecule is CCCCCCCCCC(CCCC#N)OC(=O)c1ccc(C(=O)O)cc1C(=O)O.c1c[nH]cn1. The van der Waals surface area contributed by atoms with Crippen LogP contribution in [0.1, 0.15) is 109 Å². The van der Waals surface area contributed by atoms with Crippen molar-refractivity contribution in [2.45, 2.75) is 83.7 Å². The van der Waals surface area contributed by atoms with Crippen molar-refractivity contribution in [2.24, 2.45) is 0 Å². The smallest absolute Gasteiger partial charge is 0.339 e. The topological polar surface area (TPSA) is 153 Å². The summed E-state index contributed by atoms with van der Waals surface area (Å²) >= 11 is 0. The monoisotopic (exact) mass is 485 g/mol. The first-order chi connectivity index (χ1) is 16.9. The van der Waals surface area contributed by atoms with E-state index in [-0.39, 0.29) is 11.1 Å². The lowest BCUT2D eigenvalue weighted by molar-refractivity contribution is 0.0246. The highest BCUT2D eigenvalue weighted by atomic mass is 16.5. The van der Waals surface area contributed by atoms with Crippen molar-refractivity contribution in [1.29, 1.82) is 5.26 Å². The van der Waals surface area contributed by atoms with Gasteiger partial charge in [-0.3, -0.25) is 0 Å². The van der Waals surface area contributed by atoms with Crippen LogP contribution in [0.3, 0.4) is 0 Å². The number of hydrogen-bond donors (Lipinski definition) is 3. The fourth-order valence-corrected chi connectivity index (χ4v) is 3.46. The lowest BCUT2D eigenvalue weighted by Crippen LogP contribution is -2.21. The molecule has 1 unspecified atom stereocenters. The number of benzene rings is 1. The largest absolute Gasteiger partial charge is 0.478 e. The van der Waals surface area contributed by atoms with E-state index in [0.29, 0.717) is 25.7 Å². The molecule has 3 N–H and O–H groups in total. The van der Waals surface area contributed by atoms with Crippen LogP contribution in [0.2, 0.25) is 0 Å². The van der Waals surface area contributed by atoms with Crippen molar-refractivity contribution in [3.05, 3.63) is 53.6 Å². The first-order valence-electron chi connectivity index (χ1n) is 12.0. The highest BCUT2D eigenvalue weighted by molar-refractivity contribution is 6.04. The van der Waals surface area contributed by atoms with E-state index in [2.05, 4.69) is 23.0 Å². The summed E-state index contributed by atoms with van der Waals surface area (Å²) in [6.45, 7) is 2.17. The number of imidazole rings is 1. The zero-order valence-electron chi connectivity index (χ0n) is 20.2. The van der Waals surface area contributed by atoms with Crippen LogP contribution in [0, 0.1) is 11.3 Å². The van der Waals surface area contributed by atoms with Crippen molar-refractivity contribution in [1.82, 2.24) is 9.97 Å². The van der Waals surface area contributed by atoms with Crippen molar-refractivity contribution in [3.8, 4) is 6.07 Å². The minimum absolute atomic E-state index is 0.169. The molecule has 9 heteroatoms. The fourth-order valence-electron chi connectivity index (χ4n) is 3.46. The van der Waals surface area contributed by atoms with Gasteiger partial charge in [0.1, 0.15) is 6.10 Å². The summed E-state index contributed by atoms with van der Waals surface area (Å²) in [7, 11) is 0. The second-order valence-corrected chi connectivity index (χ2v) is 8.12. The molecule has 0 aliphatic heterocycles. The maximum Gasteiger partial charge on any atom is 0.339 e. The molecule has 1 heterocycles. The summed E-state index contributed by atoms with van der Waals surface area (Å²) < 4.78 is 5.56. The number of aromatic nitrogens is 2. The molecule has 0 aliphatic rings. The first-order valence-corrected chi connectivity index (χ1v) is 12.0. The Morgan fingerprint density at radius 2 is 1.69 bits per heavy atom. The van der Waals surface area contributed by atoms with Crippen LogP contribution in [0.4, 0.5) is 0 Å². The number of rotatable bonds is 15. The molecule has 0 bridgehead atoms. The van der Waals surface area contributed by atoms with E-state index in [4.69, 9.17) is 15.1 Å². The van der Waals surface area contributed by atoms with E-state index in [1.165, 1.54) is 37.8 Å². The number of nitrogens with zero attached hydrogens (tertiary/aromatic N) is 2. The summed E-state index contributed by atoms with van der Waals surface area (Å²) in [5.74, 6) is -3.45. The molecule has 0 radical (unpaired) electrons. The molecular weight excluding hydrogens is 450 g/mol. The zero-order valence-corrected chi connectivity index (χ0v) is 20.2. The molecule has 9 nitrogen and oxygen atoms in total. The van der Waals surface area contributed by atoms with Crippen LogP contribution < -0.4 is 0 Å². The number of carboxylic acids is 2. The normalized spacial score (nSPS) is 11.0. The number of aromatic carboxylic acids is 2. The van der Waals surface area contributed by atoms with Gasteiger partial charge in [0.2, 0.25) is 0 Å². The molecule has 1 aromatic heterocycles. The number of nitriles is 1. The predicted octanol–water partition coefficient (Wildman–Crippen LogP) is 5.85. The molecular formula is C26H35N3O6. The highest BCUT2D eigenvalue weighted by Gasteiger charge is 2.23. The second kappa shape index (κ2) is 17.8. The molecule has 1 atom stereocenters. The average molecular weight is 486 g/mol. The number of unbranched alkanes of at least 4 members (excludes halogenated alkanes) is 7. The minimum atomic E-state index is -1.39. The summed E-state index contributed by atoms with van der Waals surface area (Å²) in [5.41, 5.74) is -0.776. The van der Waals surface area contributed by atoms with Crippen molar-refractivity contribution in [3.63, 3.8) is 0 Å². The molecule has 0 saturated carbocycles. The molecule has 2 rings (SSSR count). The standard InChI is InChI=1S/C23H31NO6.C3H4N2/c1-2-3-4-5-6-7-8-11-18(12-9-10-15-24)30-23(29)19-14-13-17(21(25)26)16-20(19)22(27)28;1-2-5-3-4-1/h13-14,16,18H,2-12H2,1H3,(H,25,26)(H,27,28);1-3H,(H,4,5). The third kappa shape index (κ3) is 12.4. The van der Waals surface area contributed by atoms with Gasteiger partial charge >= 0.3 is 17.9 Å². The Labute approximate surface area is 206 Å². The number of H-pyrrole nitrogens is 1. The van der Waals surface area contributed by atoms with Gasteiger partial charge in [-0.05, 0) is 43.9 Å². The quantitative estimate of drug-likeness (QED) is 0.210. The second-order valence-electron chi connectivity index (χ2n) is 8.12. The van der Waals surface area contributed by atoms with Gasteiger partial charge in [0, 0.05) is 18.8 Å². The van der Waals surface area contributed by atoms with E-state index in [0.717, 1.165) is 25.3 Å². The maximum absolute atomic E-state index is 12.6. The summed E-state index contributed by atoms with van der Waals surface area (Å²) in [4.78, 5) is 41.6. The third-order valence-corrected chi connectivity index (χ3v) is 5.34. The molecule has 0 aliphatic carbocycles. The lowest BCUT2D eigenvalue weighted by Gasteiger charge is -2.18. The van der Waals surface area contributed by atoms with Crippen LogP contribution in [0.15, 0.2) is 36.9 Å². The number of carbonyl (C=O) groups excluding carboxylic acids is 1. The molecule has 2 aromatic rings. The van der Waals surface area contributed by atoms with Crippen molar-refractivity contribution < 1.29 is 29.3 Å². The highest BCUT2D eigenvalue weighted by Crippen LogP contribution is 2.20. The van der Waals surface area contributed by atoms with Gasteiger partial charge in [-0.2, -0.15) is 5.26 Å². The zero-order chi connectivity index (χ0) is 25.9. The number of aromatic amines is 1. The number of esters is 1. The number of carboxylic acid groups (broad SMARTS) is 2. The number of nitrogens with one attached hydrogen (secondary N) is 1. The number of carbonyl (C=O) groups is 3. The third-order valence-electron chi connectivity index (χ3n) is 5.34. The van der Waals surface area contributed by atoms with Gasteiger partial charge in [0.05, 0.1) is 29.1 Å². The molecule has 1 aromatic carbocycles. The van der Waals surface area contributed by atoms with Crippen LogP contribution >= 0.6 is 0 Å². The molecule has 0 spiro atoms. The Morgan fingerprint density at radius 3 is 2.23 bits per heavy atom.